The Bertz CT molecular complexity index is 548. The molecule has 1 heterocycles. The summed E-state index contributed by atoms with van der Waals surface area (Å²) in [7, 11) is 0. The number of nitrogens with two attached hydrogens (primary N) is 1. The van der Waals surface area contributed by atoms with E-state index in [1.54, 1.807) is 6.20 Å². The van der Waals surface area contributed by atoms with Crippen LogP contribution in [0.5, 0.6) is 0 Å². The average Bonchev–Trinajstić information content (AvgIpc) is 2.63. The van der Waals surface area contributed by atoms with Crippen molar-refractivity contribution in [3.8, 4) is 5.69 Å². The van der Waals surface area contributed by atoms with Crippen molar-refractivity contribution in [3.63, 3.8) is 0 Å². The zero-order chi connectivity index (χ0) is 12.6. The summed E-state index contributed by atoms with van der Waals surface area (Å²) in [6, 6.07) is 3.16. The maximum atomic E-state index is 12.4. The first-order valence-electron chi connectivity index (χ1n) is 4.55. The van der Waals surface area contributed by atoms with Gasteiger partial charge in [-0.25, -0.2) is 4.68 Å². The van der Waals surface area contributed by atoms with Gasteiger partial charge in [-0.1, -0.05) is 0 Å². The molecule has 0 amide bonds. The van der Waals surface area contributed by atoms with Crippen LogP contribution in [-0.2, 0) is 6.18 Å². The van der Waals surface area contributed by atoms with Crippen LogP contribution in [0.4, 0.5) is 18.9 Å². The molecule has 0 atom stereocenters. The van der Waals surface area contributed by atoms with E-state index >= 15 is 0 Å². The number of halogens is 4. The quantitative estimate of drug-likeness (QED) is 0.822. The third-order valence-electron chi connectivity index (χ3n) is 2.15. The Kier molecular flexibility index (Phi) is 2.86. The van der Waals surface area contributed by atoms with Gasteiger partial charge in [-0.15, -0.1) is 0 Å². The highest BCUT2D eigenvalue weighted by Gasteiger charge is 2.30. The summed E-state index contributed by atoms with van der Waals surface area (Å²) >= 11 is 3.20. The normalized spacial score (nSPS) is 11.8. The fourth-order valence-corrected chi connectivity index (χ4v) is 1.66. The molecular formula is C10H7BrF3N3. The molecule has 1 aromatic heterocycles. The lowest BCUT2D eigenvalue weighted by Gasteiger charge is -2.10. The van der Waals surface area contributed by atoms with Gasteiger partial charge in [0.15, 0.2) is 0 Å². The SMILES string of the molecule is Nc1cc(C(F)(F)F)ccc1-n1cc(Br)cn1. The molecule has 1 aromatic carbocycles. The molecule has 2 aromatic rings. The molecule has 0 unspecified atom stereocenters. The third-order valence-corrected chi connectivity index (χ3v) is 2.56. The Hall–Kier alpha value is -1.50. The summed E-state index contributed by atoms with van der Waals surface area (Å²) in [4.78, 5) is 0. The predicted molar refractivity (Wildman–Crippen MR) is 60.7 cm³/mol. The van der Waals surface area contributed by atoms with E-state index in [0.29, 0.717) is 5.69 Å². The number of anilines is 1. The second kappa shape index (κ2) is 4.06. The van der Waals surface area contributed by atoms with Crippen LogP contribution in [0.1, 0.15) is 5.56 Å². The van der Waals surface area contributed by atoms with E-state index in [1.165, 1.54) is 16.9 Å². The molecule has 0 aliphatic rings. The molecule has 90 valence electrons. The molecule has 0 aliphatic carbocycles. The Morgan fingerprint density at radius 1 is 1.29 bits per heavy atom. The van der Waals surface area contributed by atoms with E-state index in [-0.39, 0.29) is 5.69 Å². The number of benzene rings is 1. The minimum atomic E-state index is -4.39. The largest absolute Gasteiger partial charge is 0.416 e. The van der Waals surface area contributed by atoms with Crippen LogP contribution in [0.2, 0.25) is 0 Å². The lowest BCUT2D eigenvalue weighted by molar-refractivity contribution is -0.137. The van der Waals surface area contributed by atoms with Gasteiger partial charge in [0.1, 0.15) is 0 Å². The Balaban J connectivity index is 2.45. The van der Waals surface area contributed by atoms with Gasteiger partial charge in [-0.3, -0.25) is 0 Å². The number of hydrogen-bond acceptors (Lipinski definition) is 2. The van der Waals surface area contributed by atoms with Crippen LogP contribution in [0.3, 0.4) is 0 Å². The van der Waals surface area contributed by atoms with Gasteiger partial charge in [-0.2, -0.15) is 18.3 Å². The first-order chi connectivity index (χ1) is 7.88. The van der Waals surface area contributed by atoms with Gasteiger partial charge in [-0.05, 0) is 34.1 Å². The minimum absolute atomic E-state index is 0.0235. The first kappa shape index (κ1) is 12.0. The maximum absolute atomic E-state index is 12.4. The zero-order valence-corrected chi connectivity index (χ0v) is 9.96. The van der Waals surface area contributed by atoms with E-state index in [9.17, 15) is 13.2 Å². The van der Waals surface area contributed by atoms with Crippen LogP contribution < -0.4 is 5.73 Å². The molecule has 2 rings (SSSR count). The molecule has 0 fully saturated rings. The number of nitrogen functional groups attached to an aromatic ring is 1. The van der Waals surface area contributed by atoms with Gasteiger partial charge in [0.25, 0.3) is 0 Å². The van der Waals surface area contributed by atoms with Crippen molar-refractivity contribution < 1.29 is 13.2 Å². The van der Waals surface area contributed by atoms with E-state index < -0.39 is 11.7 Å². The van der Waals surface area contributed by atoms with Crippen LogP contribution in [0.25, 0.3) is 5.69 Å². The summed E-state index contributed by atoms with van der Waals surface area (Å²) in [5.74, 6) is 0. The van der Waals surface area contributed by atoms with Gasteiger partial charge in [0.05, 0.1) is 27.6 Å². The predicted octanol–water partition coefficient (Wildman–Crippen LogP) is 3.24. The fourth-order valence-electron chi connectivity index (χ4n) is 1.37. The average molecular weight is 306 g/mol. The summed E-state index contributed by atoms with van der Waals surface area (Å²) < 4.78 is 39.4. The number of hydrogen-bond donors (Lipinski definition) is 1. The van der Waals surface area contributed by atoms with Crippen LogP contribution in [0, 0.1) is 0 Å². The Morgan fingerprint density at radius 3 is 2.47 bits per heavy atom. The molecule has 0 radical (unpaired) electrons. The standard InChI is InChI=1S/C10H7BrF3N3/c11-7-4-16-17(5-7)9-2-1-6(3-8(9)15)10(12,13)14/h1-5H,15H2. The molecule has 0 saturated carbocycles. The Morgan fingerprint density at radius 2 is 2.00 bits per heavy atom. The van der Waals surface area contributed by atoms with Crippen LogP contribution in [0.15, 0.2) is 35.1 Å². The van der Waals surface area contributed by atoms with E-state index in [2.05, 4.69) is 21.0 Å². The lowest BCUT2D eigenvalue weighted by atomic mass is 10.1. The molecule has 2 N–H and O–H groups in total. The minimum Gasteiger partial charge on any atom is -0.397 e. The van der Waals surface area contributed by atoms with Crippen molar-refractivity contribution in [2.24, 2.45) is 0 Å². The molecule has 0 saturated heterocycles. The van der Waals surface area contributed by atoms with E-state index in [0.717, 1.165) is 16.6 Å². The highest BCUT2D eigenvalue weighted by Crippen LogP contribution is 2.32. The van der Waals surface area contributed by atoms with Crippen molar-refractivity contribution in [1.82, 2.24) is 9.78 Å². The van der Waals surface area contributed by atoms with Gasteiger partial charge in [0, 0.05) is 6.20 Å². The van der Waals surface area contributed by atoms with Crippen molar-refractivity contribution >= 4 is 21.6 Å². The molecule has 7 heteroatoms. The summed E-state index contributed by atoms with van der Waals surface area (Å²) in [5, 5.41) is 3.95. The van der Waals surface area contributed by atoms with Gasteiger partial charge >= 0.3 is 6.18 Å². The number of nitrogens with zero attached hydrogens (tertiary/aromatic N) is 2. The van der Waals surface area contributed by atoms with Gasteiger partial charge in [0.2, 0.25) is 0 Å². The molecule has 17 heavy (non-hydrogen) atoms. The number of aromatic nitrogens is 2. The second-order valence-electron chi connectivity index (χ2n) is 3.37. The fraction of sp³-hybridized carbons (Fsp3) is 0.100. The number of alkyl halides is 3. The van der Waals surface area contributed by atoms with Crippen LogP contribution >= 0.6 is 15.9 Å². The smallest absolute Gasteiger partial charge is 0.397 e. The van der Waals surface area contributed by atoms with E-state index in [1.807, 2.05) is 0 Å². The monoisotopic (exact) mass is 305 g/mol. The second-order valence-corrected chi connectivity index (χ2v) is 4.29. The topological polar surface area (TPSA) is 43.8 Å². The molecule has 0 bridgehead atoms. The summed E-state index contributed by atoms with van der Waals surface area (Å²) in [6.45, 7) is 0. The summed E-state index contributed by atoms with van der Waals surface area (Å²) in [5.41, 5.74) is 5.24. The summed E-state index contributed by atoms with van der Waals surface area (Å²) in [6.07, 6.45) is -1.26. The van der Waals surface area contributed by atoms with E-state index in [4.69, 9.17) is 5.73 Å². The molecule has 0 aliphatic heterocycles. The van der Waals surface area contributed by atoms with Crippen molar-refractivity contribution in [2.75, 3.05) is 5.73 Å². The third kappa shape index (κ3) is 2.44. The van der Waals surface area contributed by atoms with Gasteiger partial charge < -0.3 is 5.73 Å². The lowest BCUT2D eigenvalue weighted by Crippen LogP contribution is -2.07. The van der Waals surface area contributed by atoms with Crippen LogP contribution in [-0.4, -0.2) is 9.78 Å². The van der Waals surface area contributed by atoms with Crippen molar-refractivity contribution in [3.05, 3.63) is 40.6 Å². The molecule has 3 nitrogen and oxygen atoms in total. The van der Waals surface area contributed by atoms with Crippen molar-refractivity contribution in [2.45, 2.75) is 6.18 Å². The zero-order valence-electron chi connectivity index (χ0n) is 8.37. The van der Waals surface area contributed by atoms with Crippen molar-refractivity contribution in [1.29, 1.82) is 0 Å². The first-order valence-corrected chi connectivity index (χ1v) is 5.34. The maximum Gasteiger partial charge on any atom is 0.416 e. The molecular weight excluding hydrogens is 299 g/mol. The highest BCUT2D eigenvalue weighted by atomic mass is 79.9. The number of rotatable bonds is 1. The molecule has 0 spiro atoms. The Labute approximate surface area is 103 Å². The highest BCUT2D eigenvalue weighted by molar-refractivity contribution is 9.10.